The second-order valence-electron chi connectivity index (χ2n) is 5.60. The van der Waals surface area contributed by atoms with Crippen molar-refractivity contribution >= 4 is 11.9 Å². The quantitative estimate of drug-likeness (QED) is 0.845. The molecule has 0 aliphatic carbocycles. The molecule has 0 unspecified atom stereocenters. The van der Waals surface area contributed by atoms with E-state index in [9.17, 15) is 9.59 Å². The number of carboxylic acid groups (broad SMARTS) is 1. The van der Waals surface area contributed by atoms with E-state index in [0.29, 0.717) is 6.42 Å². The maximum atomic E-state index is 12.3. The molecule has 1 amide bonds. The van der Waals surface area contributed by atoms with Crippen LogP contribution in [0, 0.1) is 0 Å². The number of imidazole rings is 1. The lowest BCUT2D eigenvalue weighted by atomic mass is 9.98. The van der Waals surface area contributed by atoms with Crippen molar-refractivity contribution in [2.24, 2.45) is 0 Å². The number of carbonyl (C=O) groups excluding carboxylic acids is 1. The van der Waals surface area contributed by atoms with E-state index in [0.717, 1.165) is 5.69 Å². The summed E-state index contributed by atoms with van der Waals surface area (Å²) in [4.78, 5) is 31.0. The summed E-state index contributed by atoms with van der Waals surface area (Å²) in [5, 5.41) is 11.5. The van der Waals surface area contributed by atoms with E-state index in [2.05, 4.69) is 15.3 Å². The van der Waals surface area contributed by atoms with Crippen LogP contribution >= 0.6 is 0 Å². The fourth-order valence-corrected chi connectivity index (χ4v) is 1.97. The maximum absolute atomic E-state index is 12.3. The Hall–Kier alpha value is -2.70. The van der Waals surface area contributed by atoms with Crippen LogP contribution in [0.1, 0.15) is 37.2 Å². The highest BCUT2D eigenvalue weighted by Crippen LogP contribution is 2.13. The lowest BCUT2D eigenvalue weighted by Crippen LogP contribution is -2.44. The Morgan fingerprint density at radius 3 is 2.77 bits per heavy atom. The Morgan fingerprint density at radius 2 is 2.14 bits per heavy atom. The van der Waals surface area contributed by atoms with Crippen LogP contribution in [-0.2, 0) is 4.79 Å². The summed E-state index contributed by atoms with van der Waals surface area (Å²) in [7, 11) is 0. The number of nitrogens with one attached hydrogen (secondary N) is 1. The number of aromatic nitrogens is 3. The summed E-state index contributed by atoms with van der Waals surface area (Å²) >= 11 is 0. The first-order valence-electron chi connectivity index (χ1n) is 6.86. The summed E-state index contributed by atoms with van der Waals surface area (Å²) in [6, 6.07) is 3.43. The zero-order valence-corrected chi connectivity index (χ0v) is 12.5. The molecule has 7 nitrogen and oxygen atoms in total. The lowest BCUT2D eigenvalue weighted by molar-refractivity contribution is -0.137. The third kappa shape index (κ3) is 4.15. The molecule has 22 heavy (non-hydrogen) atoms. The Bertz CT molecular complexity index is 665. The van der Waals surface area contributed by atoms with Gasteiger partial charge in [-0.2, -0.15) is 0 Å². The van der Waals surface area contributed by atoms with Crippen LogP contribution in [0.3, 0.4) is 0 Å². The summed E-state index contributed by atoms with van der Waals surface area (Å²) in [6.07, 6.45) is 6.94. The SMILES string of the molecule is CC(C)(CCC(=O)O)NC(=O)c1cc(-n2ccnc2)ccn1. The topological polar surface area (TPSA) is 97.1 Å². The molecule has 2 aromatic heterocycles. The van der Waals surface area contributed by atoms with E-state index in [4.69, 9.17) is 5.11 Å². The second-order valence-corrected chi connectivity index (χ2v) is 5.60. The molecule has 0 saturated carbocycles. The van der Waals surface area contributed by atoms with E-state index < -0.39 is 11.5 Å². The first kappa shape index (κ1) is 15.7. The van der Waals surface area contributed by atoms with Crippen molar-refractivity contribution in [3.8, 4) is 5.69 Å². The number of carbonyl (C=O) groups is 2. The number of hydrogen-bond donors (Lipinski definition) is 2. The number of nitrogens with zero attached hydrogens (tertiary/aromatic N) is 3. The number of pyridine rings is 1. The zero-order valence-electron chi connectivity index (χ0n) is 12.5. The third-order valence-electron chi connectivity index (χ3n) is 3.19. The molecule has 0 bridgehead atoms. The predicted octanol–water partition coefficient (Wildman–Crippen LogP) is 1.64. The monoisotopic (exact) mass is 302 g/mol. The highest BCUT2D eigenvalue weighted by atomic mass is 16.4. The zero-order chi connectivity index (χ0) is 16.2. The molecule has 2 rings (SSSR count). The van der Waals surface area contributed by atoms with Gasteiger partial charge in [0.05, 0.1) is 12.0 Å². The van der Waals surface area contributed by atoms with Crippen LogP contribution in [0.25, 0.3) is 5.69 Å². The molecule has 2 aromatic rings. The summed E-state index contributed by atoms with van der Waals surface area (Å²) in [6.45, 7) is 3.57. The van der Waals surface area contributed by atoms with Gasteiger partial charge in [-0.05, 0) is 32.4 Å². The lowest BCUT2D eigenvalue weighted by Gasteiger charge is -2.25. The molecular weight excluding hydrogens is 284 g/mol. The largest absolute Gasteiger partial charge is 0.481 e. The van der Waals surface area contributed by atoms with Gasteiger partial charge < -0.3 is 15.0 Å². The van der Waals surface area contributed by atoms with E-state index in [1.807, 2.05) is 0 Å². The summed E-state index contributed by atoms with van der Waals surface area (Å²) in [5.74, 6) is -1.22. The van der Waals surface area contributed by atoms with Crippen LogP contribution in [0.15, 0.2) is 37.1 Å². The predicted molar refractivity (Wildman–Crippen MR) is 79.8 cm³/mol. The molecule has 0 saturated heterocycles. The average molecular weight is 302 g/mol. The van der Waals surface area contributed by atoms with Crippen LogP contribution in [0.4, 0.5) is 0 Å². The van der Waals surface area contributed by atoms with Gasteiger partial charge in [0.25, 0.3) is 5.91 Å². The minimum absolute atomic E-state index is 0.00418. The standard InChI is InChI=1S/C15H18N4O3/c1-15(2,5-3-13(20)21)18-14(22)12-9-11(4-6-17-12)19-8-7-16-10-19/h4,6-10H,3,5H2,1-2H3,(H,18,22)(H,20,21). The summed E-state index contributed by atoms with van der Waals surface area (Å²) < 4.78 is 1.77. The fourth-order valence-electron chi connectivity index (χ4n) is 1.97. The van der Waals surface area contributed by atoms with E-state index in [1.165, 1.54) is 0 Å². The van der Waals surface area contributed by atoms with Crippen LogP contribution in [-0.4, -0.2) is 37.1 Å². The van der Waals surface area contributed by atoms with Crippen molar-refractivity contribution in [1.29, 1.82) is 0 Å². The fraction of sp³-hybridized carbons (Fsp3) is 0.333. The number of rotatable bonds is 6. The molecule has 0 aliphatic heterocycles. The Balaban J connectivity index is 2.09. The molecule has 116 valence electrons. The molecule has 2 N–H and O–H groups in total. The molecule has 0 atom stereocenters. The molecule has 0 aromatic carbocycles. The minimum Gasteiger partial charge on any atom is -0.481 e. The first-order chi connectivity index (χ1) is 10.4. The van der Waals surface area contributed by atoms with E-state index in [1.54, 1.807) is 55.5 Å². The molecule has 2 heterocycles. The van der Waals surface area contributed by atoms with Crippen molar-refractivity contribution in [3.63, 3.8) is 0 Å². The highest BCUT2D eigenvalue weighted by Gasteiger charge is 2.23. The van der Waals surface area contributed by atoms with Crippen molar-refractivity contribution in [2.45, 2.75) is 32.2 Å². The Morgan fingerprint density at radius 1 is 1.36 bits per heavy atom. The van der Waals surface area contributed by atoms with E-state index >= 15 is 0 Å². The Kier molecular flexibility index (Phi) is 4.55. The van der Waals surface area contributed by atoms with Gasteiger partial charge in [0.2, 0.25) is 0 Å². The van der Waals surface area contributed by atoms with Gasteiger partial charge in [-0.15, -0.1) is 0 Å². The van der Waals surface area contributed by atoms with Gasteiger partial charge in [0.15, 0.2) is 0 Å². The van der Waals surface area contributed by atoms with Crippen LogP contribution in [0.2, 0.25) is 0 Å². The van der Waals surface area contributed by atoms with Crippen molar-refractivity contribution in [1.82, 2.24) is 19.9 Å². The number of carboxylic acids is 1. The molecule has 7 heteroatoms. The smallest absolute Gasteiger partial charge is 0.303 e. The maximum Gasteiger partial charge on any atom is 0.303 e. The molecule has 0 radical (unpaired) electrons. The number of hydrogen-bond acceptors (Lipinski definition) is 4. The van der Waals surface area contributed by atoms with Crippen molar-refractivity contribution < 1.29 is 14.7 Å². The second kappa shape index (κ2) is 6.38. The Labute approximate surface area is 128 Å². The average Bonchev–Trinajstić information content (AvgIpc) is 2.99. The van der Waals surface area contributed by atoms with Gasteiger partial charge in [0, 0.05) is 30.6 Å². The number of amides is 1. The van der Waals surface area contributed by atoms with E-state index in [-0.39, 0.29) is 18.0 Å². The molecule has 0 fully saturated rings. The van der Waals surface area contributed by atoms with Crippen molar-refractivity contribution in [2.75, 3.05) is 0 Å². The molecule has 0 spiro atoms. The first-order valence-corrected chi connectivity index (χ1v) is 6.86. The van der Waals surface area contributed by atoms with Gasteiger partial charge >= 0.3 is 5.97 Å². The van der Waals surface area contributed by atoms with Gasteiger partial charge in [-0.3, -0.25) is 14.6 Å². The number of aliphatic carboxylic acids is 1. The van der Waals surface area contributed by atoms with Crippen molar-refractivity contribution in [3.05, 3.63) is 42.7 Å². The third-order valence-corrected chi connectivity index (χ3v) is 3.19. The van der Waals surface area contributed by atoms with Crippen LogP contribution in [0.5, 0.6) is 0 Å². The van der Waals surface area contributed by atoms with Crippen LogP contribution < -0.4 is 5.32 Å². The molecule has 0 aliphatic rings. The minimum atomic E-state index is -0.887. The molecular formula is C15H18N4O3. The normalized spacial score (nSPS) is 11.2. The summed E-state index contributed by atoms with van der Waals surface area (Å²) in [5.41, 5.74) is 0.429. The highest BCUT2D eigenvalue weighted by molar-refractivity contribution is 5.93. The van der Waals surface area contributed by atoms with Gasteiger partial charge in [-0.25, -0.2) is 4.98 Å². The van der Waals surface area contributed by atoms with Gasteiger partial charge in [0.1, 0.15) is 5.69 Å². The van der Waals surface area contributed by atoms with Gasteiger partial charge in [-0.1, -0.05) is 0 Å².